The molecule has 80 valence electrons. The van der Waals surface area contributed by atoms with Crippen molar-refractivity contribution in [3.63, 3.8) is 0 Å². The van der Waals surface area contributed by atoms with E-state index >= 15 is 0 Å². The van der Waals surface area contributed by atoms with E-state index in [4.69, 9.17) is 4.74 Å². The number of benzene rings is 1. The van der Waals surface area contributed by atoms with Gasteiger partial charge in [-0.05, 0) is 44.0 Å². The van der Waals surface area contributed by atoms with Crippen LogP contribution in [0.3, 0.4) is 0 Å². The Kier molecular flexibility index (Phi) is 2.08. The Balaban J connectivity index is 2.05. The summed E-state index contributed by atoms with van der Waals surface area (Å²) in [5.41, 5.74) is 4.22. The van der Waals surface area contributed by atoms with Crippen LogP contribution in [0, 0.1) is 6.92 Å². The van der Waals surface area contributed by atoms with Crippen molar-refractivity contribution in [2.24, 2.45) is 0 Å². The van der Waals surface area contributed by atoms with Crippen molar-refractivity contribution in [1.82, 2.24) is 5.32 Å². The molecule has 0 aliphatic carbocycles. The fraction of sp³-hybridized carbons (Fsp3) is 0.538. The number of hydrogen-bond donors (Lipinski definition) is 1. The summed E-state index contributed by atoms with van der Waals surface area (Å²) < 4.78 is 6.07. The van der Waals surface area contributed by atoms with Gasteiger partial charge in [0, 0.05) is 0 Å². The molecule has 0 atom stereocenters. The summed E-state index contributed by atoms with van der Waals surface area (Å²) in [6.07, 6.45) is 2.23. The zero-order valence-corrected chi connectivity index (χ0v) is 9.18. The molecule has 1 spiro atoms. The van der Waals surface area contributed by atoms with Crippen molar-refractivity contribution in [2.45, 2.75) is 32.0 Å². The lowest BCUT2D eigenvalue weighted by Gasteiger charge is -2.34. The van der Waals surface area contributed by atoms with Gasteiger partial charge in [-0.2, -0.15) is 0 Å². The van der Waals surface area contributed by atoms with Crippen LogP contribution in [0.2, 0.25) is 0 Å². The van der Waals surface area contributed by atoms with Gasteiger partial charge in [0.15, 0.2) is 0 Å². The Morgan fingerprint density at radius 3 is 2.87 bits per heavy atom. The Morgan fingerprint density at radius 1 is 1.27 bits per heavy atom. The van der Waals surface area contributed by atoms with Gasteiger partial charge in [0.05, 0.1) is 12.2 Å². The Hall–Kier alpha value is -0.860. The average Bonchev–Trinajstić information content (AvgIpc) is 2.59. The van der Waals surface area contributed by atoms with Crippen molar-refractivity contribution >= 4 is 0 Å². The molecule has 1 aromatic rings. The molecule has 2 heterocycles. The van der Waals surface area contributed by atoms with Crippen molar-refractivity contribution in [3.05, 3.63) is 34.9 Å². The number of nitrogens with one attached hydrogen (secondary N) is 1. The monoisotopic (exact) mass is 203 g/mol. The van der Waals surface area contributed by atoms with Gasteiger partial charge in [-0.3, -0.25) is 0 Å². The lowest BCUT2D eigenvalue weighted by Crippen LogP contribution is -2.39. The molecule has 2 aliphatic rings. The van der Waals surface area contributed by atoms with Crippen LogP contribution >= 0.6 is 0 Å². The number of aryl methyl sites for hydroxylation is 1. The van der Waals surface area contributed by atoms with Crippen LogP contribution in [0.1, 0.15) is 29.5 Å². The van der Waals surface area contributed by atoms with Gasteiger partial charge in [-0.15, -0.1) is 0 Å². The van der Waals surface area contributed by atoms with Gasteiger partial charge in [0.25, 0.3) is 0 Å². The number of hydrogen-bond acceptors (Lipinski definition) is 2. The molecule has 1 aromatic carbocycles. The minimum absolute atomic E-state index is 0.0343. The summed E-state index contributed by atoms with van der Waals surface area (Å²) in [7, 11) is 0. The maximum absolute atomic E-state index is 6.07. The summed E-state index contributed by atoms with van der Waals surface area (Å²) in [5.74, 6) is 0. The Bertz CT molecular complexity index is 375. The number of rotatable bonds is 0. The van der Waals surface area contributed by atoms with Gasteiger partial charge < -0.3 is 10.1 Å². The molecule has 0 bridgehead atoms. The van der Waals surface area contributed by atoms with Crippen molar-refractivity contribution in [1.29, 1.82) is 0 Å². The third-order valence-corrected chi connectivity index (χ3v) is 3.67. The first-order valence-electron chi connectivity index (χ1n) is 5.75. The molecule has 2 nitrogen and oxygen atoms in total. The highest BCUT2D eigenvalue weighted by molar-refractivity contribution is 5.38. The SMILES string of the molecule is Cc1ccc2c(c1)C1(CCNCC1)OC2. The number of fused-ring (bicyclic) bond motifs is 2. The normalized spacial score (nSPS) is 23.0. The molecule has 0 saturated carbocycles. The second kappa shape index (κ2) is 3.32. The molecule has 0 radical (unpaired) electrons. The number of piperidine rings is 1. The van der Waals surface area contributed by atoms with Crippen LogP contribution in [-0.2, 0) is 16.9 Å². The van der Waals surface area contributed by atoms with Crippen LogP contribution in [0.5, 0.6) is 0 Å². The summed E-state index contributed by atoms with van der Waals surface area (Å²) >= 11 is 0. The van der Waals surface area contributed by atoms with Crippen molar-refractivity contribution < 1.29 is 4.74 Å². The lowest BCUT2D eigenvalue weighted by atomic mass is 9.84. The zero-order chi connectivity index (χ0) is 10.3. The standard InChI is InChI=1S/C13H17NO/c1-10-2-3-11-9-15-13(12(11)8-10)4-6-14-7-5-13/h2-3,8,14H,4-7,9H2,1H3. The molecule has 0 amide bonds. The van der Waals surface area contributed by atoms with Crippen LogP contribution < -0.4 is 5.32 Å². The largest absolute Gasteiger partial charge is 0.365 e. The molecular weight excluding hydrogens is 186 g/mol. The highest BCUT2D eigenvalue weighted by atomic mass is 16.5. The summed E-state index contributed by atoms with van der Waals surface area (Å²) in [6.45, 7) is 5.11. The molecule has 1 fully saturated rings. The predicted molar refractivity (Wildman–Crippen MR) is 59.7 cm³/mol. The van der Waals surface area contributed by atoms with E-state index in [0.29, 0.717) is 0 Å². The minimum Gasteiger partial charge on any atom is -0.365 e. The first kappa shape index (κ1) is 9.37. The molecule has 0 unspecified atom stereocenters. The Morgan fingerprint density at radius 2 is 2.07 bits per heavy atom. The molecule has 3 rings (SSSR count). The maximum atomic E-state index is 6.07. The van der Waals surface area contributed by atoms with Crippen LogP contribution in [-0.4, -0.2) is 13.1 Å². The van der Waals surface area contributed by atoms with E-state index in [1.807, 2.05) is 0 Å². The fourth-order valence-corrected chi connectivity index (χ4v) is 2.78. The maximum Gasteiger partial charge on any atom is 0.0963 e. The minimum atomic E-state index is 0.0343. The van der Waals surface area contributed by atoms with E-state index in [0.717, 1.165) is 32.5 Å². The molecule has 15 heavy (non-hydrogen) atoms. The van der Waals surface area contributed by atoms with Gasteiger partial charge in [0.1, 0.15) is 0 Å². The molecule has 2 heteroatoms. The quantitative estimate of drug-likeness (QED) is 0.697. The second-order valence-electron chi connectivity index (χ2n) is 4.69. The van der Waals surface area contributed by atoms with Crippen molar-refractivity contribution in [2.75, 3.05) is 13.1 Å². The summed E-state index contributed by atoms with van der Waals surface area (Å²) in [4.78, 5) is 0. The first-order valence-corrected chi connectivity index (χ1v) is 5.75. The van der Waals surface area contributed by atoms with E-state index in [1.54, 1.807) is 0 Å². The smallest absolute Gasteiger partial charge is 0.0963 e. The van der Waals surface area contributed by atoms with Gasteiger partial charge >= 0.3 is 0 Å². The third-order valence-electron chi connectivity index (χ3n) is 3.67. The topological polar surface area (TPSA) is 21.3 Å². The number of ether oxygens (including phenoxy) is 1. The molecule has 1 saturated heterocycles. The van der Waals surface area contributed by atoms with E-state index in [1.165, 1.54) is 16.7 Å². The Labute approximate surface area is 90.6 Å². The summed E-state index contributed by atoms with van der Waals surface area (Å²) in [5, 5.41) is 3.40. The second-order valence-corrected chi connectivity index (χ2v) is 4.69. The first-order chi connectivity index (χ1) is 7.30. The highest BCUT2D eigenvalue weighted by Crippen LogP contribution is 2.42. The van der Waals surface area contributed by atoms with Gasteiger partial charge in [-0.25, -0.2) is 0 Å². The van der Waals surface area contributed by atoms with Gasteiger partial charge in [0.2, 0.25) is 0 Å². The molecule has 2 aliphatic heterocycles. The molecule has 0 aromatic heterocycles. The predicted octanol–water partition coefficient (Wildman–Crippen LogP) is 2.10. The molecule has 1 N–H and O–H groups in total. The van der Waals surface area contributed by atoms with E-state index in [-0.39, 0.29) is 5.60 Å². The van der Waals surface area contributed by atoms with E-state index in [2.05, 4.69) is 30.4 Å². The van der Waals surface area contributed by atoms with Crippen LogP contribution in [0.25, 0.3) is 0 Å². The summed E-state index contributed by atoms with van der Waals surface area (Å²) in [6, 6.07) is 6.72. The molecular formula is C13H17NO. The van der Waals surface area contributed by atoms with E-state index in [9.17, 15) is 0 Å². The highest BCUT2D eigenvalue weighted by Gasteiger charge is 2.40. The average molecular weight is 203 g/mol. The fourth-order valence-electron chi connectivity index (χ4n) is 2.78. The van der Waals surface area contributed by atoms with E-state index < -0.39 is 0 Å². The zero-order valence-electron chi connectivity index (χ0n) is 9.18. The van der Waals surface area contributed by atoms with Crippen LogP contribution in [0.4, 0.5) is 0 Å². The van der Waals surface area contributed by atoms with Crippen LogP contribution in [0.15, 0.2) is 18.2 Å². The third kappa shape index (κ3) is 1.40. The van der Waals surface area contributed by atoms with Gasteiger partial charge in [-0.1, -0.05) is 23.8 Å². The van der Waals surface area contributed by atoms with Crippen molar-refractivity contribution in [3.8, 4) is 0 Å². The lowest BCUT2D eigenvalue weighted by molar-refractivity contribution is -0.0590.